The number of benzene rings is 2. The summed E-state index contributed by atoms with van der Waals surface area (Å²) in [5, 5.41) is 9.58. The molecule has 0 fully saturated rings. The second-order valence-corrected chi connectivity index (χ2v) is 4.24. The number of aryl methyl sites for hydroxylation is 1. The third-order valence-electron chi connectivity index (χ3n) is 2.57. The first kappa shape index (κ1) is 11.8. The highest BCUT2D eigenvalue weighted by Gasteiger charge is 2.02. The van der Waals surface area contributed by atoms with Gasteiger partial charge in [0.05, 0.1) is 5.02 Å². The molecule has 88 valence electrons. The number of rotatable bonds is 3. The summed E-state index contributed by atoms with van der Waals surface area (Å²) in [6.07, 6.45) is 0. The lowest BCUT2D eigenvalue weighted by Crippen LogP contribution is -1.97. The maximum atomic E-state index is 9.29. The predicted octanol–water partition coefficient (Wildman–Crippen LogP) is 3.93. The van der Waals surface area contributed by atoms with Crippen molar-refractivity contribution >= 4 is 11.6 Å². The van der Waals surface area contributed by atoms with Gasteiger partial charge in [-0.05, 0) is 30.2 Å². The molecule has 2 aromatic carbocycles. The lowest BCUT2D eigenvalue weighted by molar-refractivity contribution is 0.305. The Labute approximate surface area is 105 Å². The van der Waals surface area contributed by atoms with Crippen LogP contribution in [0.15, 0.2) is 42.5 Å². The Morgan fingerprint density at radius 2 is 1.94 bits per heavy atom. The van der Waals surface area contributed by atoms with Crippen LogP contribution in [-0.4, -0.2) is 5.11 Å². The van der Waals surface area contributed by atoms with E-state index in [1.165, 1.54) is 11.6 Å². The zero-order valence-electron chi connectivity index (χ0n) is 9.48. The number of hydrogen-bond acceptors (Lipinski definition) is 2. The molecule has 0 atom stereocenters. The van der Waals surface area contributed by atoms with Gasteiger partial charge >= 0.3 is 0 Å². The molecular weight excluding hydrogens is 236 g/mol. The van der Waals surface area contributed by atoms with Crippen LogP contribution in [0.4, 0.5) is 0 Å². The van der Waals surface area contributed by atoms with Crippen LogP contribution < -0.4 is 4.74 Å². The minimum atomic E-state index is 0.0647. The normalized spacial score (nSPS) is 10.2. The average molecular weight is 249 g/mol. The van der Waals surface area contributed by atoms with Crippen molar-refractivity contribution < 1.29 is 9.84 Å². The zero-order chi connectivity index (χ0) is 12.3. The summed E-state index contributed by atoms with van der Waals surface area (Å²) in [5.41, 5.74) is 2.33. The Balaban J connectivity index is 2.08. The summed E-state index contributed by atoms with van der Waals surface area (Å²) in [5.74, 6) is 0.714. The van der Waals surface area contributed by atoms with Crippen molar-refractivity contribution in [2.24, 2.45) is 0 Å². The van der Waals surface area contributed by atoms with Crippen molar-refractivity contribution in [3.8, 4) is 11.5 Å². The van der Waals surface area contributed by atoms with Gasteiger partial charge in [0, 0.05) is 6.07 Å². The van der Waals surface area contributed by atoms with E-state index in [0.717, 1.165) is 5.56 Å². The minimum Gasteiger partial charge on any atom is -0.506 e. The number of phenolic OH excluding ortho intramolecular Hbond substituents is 1. The Bertz CT molecular complexity index is 523. The van der Waals surface area contributed by atoms with Crippen LogP contribution >= 0.6 is 11.6 Å². The third kappa shape index (κ3) is 2.92. The molecule has 2 aromatic rings. The van der Waals surface area contributed by atoms with Crippen molar-refractivity contribution in [3.63, 3.8) is 0 Å². The number of phenols is 1. The summed E-state index contributed by atoms with van der Waals surface area (Å²) >= 11 is 5.80. The Morgan fingerprint density at radius 3 is 2.65 bits per heavy atom. The van der Waals surface area contributed by atoms with Gasteiger partial charge in [-0.15, -0.1) is 0 Å². The molecule has 0 saturated carbocycles. The molecule has 0 radical (unpaired) electrons. The zero-order valence-corrected chi connectivity index (χ0v) is 10.2. The number of halogens is 1. The van der Waals surface area contributed by atoms with Crippen molar-refractivity contribution in [1.82, 2.24) is 0 Å². The van der Waals surface area contributed by atoms with E-state index in [9.17, 15) is 5.11 Å². The molecule has 1 N–H and O–H groups in total. The molecule has 2 rings (SSSR count). The molecule has 0 amide bonds. The molecule has 3 heteroatoms. The molecule has 0 aliphatic rings. The van der Waals surface area contributed by atoms with E-state index < -0.39 is 0 Å². The van der Waals surface area contributed by atoms with Crippen LogP contribution in [-0.2, 0) is 6.61 Å². The van der Waals surface area contributed by atoms with Gasteiger partial charge in [-0.2, -0.15) is 0 Å². The lowest BCUT2D eigenvalue weighted by Gasteiger charge is -2.09. The van der Waals surface area contributed by atoms with Crippen LogP contribution in [0.1, 0.15) is 11.1 Å². The summed E-state index contributed by atoms with van der Waals surface area (Å²) in [4.78, 5) is 0. The van der Waals surface area contributed by atoms with Gasteiger partial charge in [0.25, 0.3) is 0 Å². The van der Waals surface area contributed by atoms with Gasteiger partial charge in [0.15, 0.2) is 0 Å². The average Bonchev–Trinajstić information content (AvgIpc) is 2.32. The molecule has 0 aliphatic carbocycles. The molecular formula is C14H13ClO2. The molecule has 0 unspecified atom stereocenters. The molecule has 0 aliphatic heterocycles. The summed E-state index contributed by atoms with van der Waals surface area (Å²) < 4.78 is 5.61. The fraction of sp³-hybridized carbons (Fsp3) is 0.143. The van der Waals surface area contributed by atoms with Gasteiger partial charge in [0.2, 0.25) is 0 Å². The number of ether oxygens (including phenoxy) is 1. The van der Waals surface area contributed by atoms with E-state index in [2.05, 4.69) is 0 Å². The monoisotopic (exact) mass is 248 g/mol. The van der Waals surface area contributed by atoms with Gasteiger partial charge in [0.1, 0.15) is 18.1 Å². The van der Waals surface area contributed by atoms with E-state index in [1.54, 1.807) is 12.1 Å². The molecule has 17 heavy (non-hydrogen) atoms. The standard InChI is InChI=1S/C14H13ClO2/c1-10-4-2-3-5-11(10)9-17-12-6-7-14(16)13(15)8-12/h2-8,16H,9H2,1H3. The Morgan fingerprint density at radius 1 is 1.18 bits per heavy atom. The quantitative estimate of drug-likeness (QED) is 0.892. The highest BCUT2D eigenvalue weighted by molar-refractivity contribution is 6.32. The van der Waals surface area contributed by atoms with E-state index >= 15 is 0 Å². The first-order valence-electron chi connectivity index (χ1n) is 5.32. The second kappa shape index (κ2) is 5.11. The molecule has 0 aromatic heterocycles. The van der Waals surface area contributed by atoms with Crippen LogP contribution in [0.5, 0.6) is 11.5 Å². The molecule has 2 nitrogen and oxygen atoms in total. The van der Waals surface area contributed by atoms with E-state index in [4.69, 9.17) is 16.3 Å². The van der Waals surface area contributed by atoms with E-state index in [-0.39, 0.29) is 5.75 Å². The van der Waals surface area contributed by atoms with Crippen molar-refractivity contribution in [1.29, 1.82) is 0 Å². The molecule has 0 bridgehead atoms. The number of hydrogen-bond donors (Lipinski definition) is 1. The van der Waals surface area contributed by atoms with Crippen molar-refractivity contribution in [2.75, 3.05) is 0 Å². The Kier molecular flexibility index (Phi) is 3.55. The van der Waals surface area contributed by atoms with Gasteiger partial charge in [-0.25, -0.2) is 0 Å². The van der Waals surface area contributed by atoms with Gasteiger partial charge in [-0.1, -0.05) is 35.9 Å². The van der Waals surface area contributed by atoms with Crippen LogP contribution in [0, 0.1) is 6.92 Å². The molecule has 0 spiro atoms. The lowest BCUT2D eigenvalue weighted by atomic mass is 10.1. The number of aromatic hydroxyl groups is 1. The maximum Gasteiger partial charge on any atom is 0.134 e. The highest BCUT2D eigenvalue weighted by Crippen LogP contribution is 2.27. The fourth-order valence-corrected chi connectivity index (χ4v) is 1.68. The highest BCUT2D eigenvalue weighted by atomic mass is 35.5. The predicted molar refractivity (Wildman–Crippen MR) is 68.6 cm³/mol. The first-order chi connectivity index (χ1) is 8.16. The minimum absolute atomic E-state index is 0.0647. The van der Waals surface area contributed by atoms with Gasteiger partial charge in [-0.3, -0.25) is 0 Å². The smallest absolute Gasteiger partial charge is 0.134 e. The van der Waals surface area contributed by atoms with Crippen LogP contribution in [0.3, 0.4) is 0 Å². The summed E-state index contributed by atoms with van der Waals surface area (Å²) in [7, 11) is 0. The fourth-order valence-electron chi connectivity index (χ4n) is 1.51. The largest absolute Gasteiger partial charge is 0.506 e. The third-order valence-corrected chi connectivity index (χ3v) is 2.88. The first-order valence-corrected chi connectivity index (χ1v) is 5.70. The molecule has 0 saturated heterocycles. The molecule has 0 heterocycles. The van der Waals surface area contributed by atoms with Gasteiger partial charge < -0.3 is 9.84 Å². The summed E-state index contributed by atoms with van der Waals surface area (Å²) in [6.45, 7) is 2.54. The van der Waals surface area contributed by atoms with Crippen molar-refractivity contribution in [2.45, 2.75) is 13.5 Å². The van der Waals surface area contributed by atoms with Crippen molar-refractivity contribution in [3.05, 3.63) is 58.6 Å². The Hall–Kier alpha value is -1.67. The maximum absolute atomic E-state index is 9.29. The van der Waals surface area contributed by atoms with Crippen LogP contribution in [0.25, 0.3) is 0 Å². The topological polar surface area (TPSA) is 29.5 Å². The van der Waals surface area contributed by atoms with Crippen LogP contribution in [0.2, 0.25) is 5.02 Å². The summed E-state index contributed by atoms with van der Waals surface area (Å²) in [6, 6.07) is 12.9. The van der Waals surface area contributed by atoms with E-state index in [1.807, 2.05) is 31.2 Å². The SMILES string of the molecule is Cc1ccccc1COc1ccc(O)c(Cl)c1. The second-order valence-electron chi connectivity index (χ2n) is 3.83. The van der Waals surface area contributed by atoms with E-state index in [0.29, 0.717) is 17.4 Å².